The second-order valence-corrected chi connectivity index (χ2v) is 13.0. The van der Waals surface area contributed by atoms with E-state index in [9.17, 15) is 13.2 Å². The first-order chi connectivity index (χ1) is 18.1. The van der Waals surface area contributed by atoms with Crippen molar-refractivity contribution in [3.8, 4) is 11.4 Å². The van der Waals surface area contributed by atoms with E-state index >= 15 is 0 Å². The molecule has 0 radical (unpaired) electrons. The molecule has 5 rings (SSSR count). The lowest BCUT2D eigenvalue weighted by atomic mass is 9.95. The Kier molecular flexibility index (Phi) is 7.63. The zero-order valence-electron chi connectivity index (χ0n) is 22.1. The summed E-state index contributed by atoms with van der Waals surface area (Å²) in [7, 11) is -3.10. The van der Waals surface area contributed by atoms with Crippen molar-refractivity contribution in [3.05, 3.63) is 48.3 Å². The van der Waals surface area contributed by atoms with Crippen LogP contribution in [-0.2, 0) is 25.8 Å². The zero-order valence-corrected chi connectivity index (χ0v) is 22.9. The Hall–Kier alpha value is -3.11. The van der Waals surface area contributed by atoms with Crippen molar-refractivity contribution in [1.29, 1.82) is 0 Å². The lowest BCUT2D eigenvalue weighted by Gasteiger charge is -2.36. The number of pyridine rings is 3. The van der Waals surface area contributed by atoms with Crippen LogP contribution in [0.1, 0.15) is 45.2 Å². The quantitative estimate of drug-likeness (QED) is 0.509. The highest BCUT2D eigenvalue weighted by Crippen LogP contribution is 2.25. The van der Waals surface area contributed by atoms with E-state index in [1.165, 1.54) is 6.26 Å². The zero-order chi connectivity index (χ0) is 26.9. The lowest BCUT2D eigenvalue weighted by Crippen LogP contribution is -2.45. The molecule has 38 heavy (non-hydrogen) atoms. The summed E-state index contributed by atoms with van der Waals surface area (Å²) in [5.41, 5.74) is 2.90. The van der Waals surface area contributed by atoms with Gasteiger partial charge in [0.2, 0.25) is 5.91 Å². The maximum absolute atomic E-state index is 12.8. The number of nitrogens with zero attached hydrogens (tertiary/aromatic N) is 4. The molecule has 0 aromatic carbocycles. The Morgan fingerprint density at radius 2 is 1.84 bits per heavy atom. The number of sulfone groups is 1. The molecule has 9 nitrogen and oxygen atoms in total. The minimum Gasteiger partial charge on any atom is -0.372 e. The first-order valence-electron chi connectivity index (χ1n) is 13.3. The van der Waals surface area contributed by atoms with Gasteiger partial charge in [-0.2, -0.15) is 0 Å². The molecule has 0 unspecified atom stereocenters. The predicted molar refractivity (Wildman–Crippen MR) is 148 cm³/mol. The van der Waals surface area contributed by atoms with Crippen LogP contribution >= 0.6 is 0 Å². The van der Waals surface area contributed by atoms with Crippen LogP contribution in [-0.4, -0.2) is 72.1 Å². The smallest absolute Gasteiger partial charge is 0.226 e. The fourth-order valence-electron chi connectivity index (χ4n) is 5.51. The molecule has 1 amide bonds. The molecule has 202 valence electrons. The van der Waals surface area contributed by atoms with E-state index in [1.54, 1.807) is 6.20 Å². The summed E-state index contributed by atoms with van der Waals surface area (Å²) in [6.07, 6.45) is 6.12. The van der Waals surface area contributed by atoms with Gasteiger partial charge in [-0.25, -0.2) is 18.4 Å². The van der Waals surface area contributed by atoms with E-state index in [4.69, 9.17) is 14.7 Å². The van der Waals surface area contributed by atoms with Gasteiger partial charge >= 0.3 is 0 Å². The van der Waals surface area contributed by atoms with Gasteiger partial charge in [0.05, 0.1) is 46.5 Å². The number of hydrogen-bond donors (Lipinski definition) is 1. The Balaban J connectivity index is 1.30. The summed E-state index contributed by atoms with van der Waals surface area (Å²) < 4.78 is 29.8. The van der Waals surface area contributed by atoms with Crippen molar-refractivity contribution >= 4 is 32.5 Å². The van der Waals surface area contributed by atoms with Crippen LogP contribution in [0.15, 0.2) is 42.6 Å². The summed E-state index contributed by atoms with van der Waals surface area (Å²) in [4.78, 5) is 29.2. The molecule has 2 fully saturated rings. The SMILES string of the molecule is C[C@@H]1CN(c2cccc(-c3ccc4cnc(CC(=O)N[C@H]5CCC[C@@H](S(C)(=O)=O)C5)cc4n3)n2)C[C@H](C)O1. The minimum absolute atomic E-state index is 0.114. The number of aromatic nitrogens is 3. The molecule has 4 heterocycles. The maximum Gasteiger partial charge on any atom is 0.226 e. The van der Waals surface area contributed by atoms with Gasteiger partial charge in [0.1, 0.15) is 15.7 Å². The van der Waals surface area contributed by atoms with Gasteiger partial charge in [-0.15, -0.1) is 0 Å². The van der Waals surface area contributed by atoms with Crippen molar-refractivity contribution < 1.29 is 17.9 Å². The molecule has 3 aromatic heterocycles. The van der Waals surface area contributed by atoms with Gasteiger partial charge < -0.3 is 15.0 Å². The fraction of sp³-hybridized carbons (Fsp3) is 0.500. The number of rotatable bonds is 6. The number of nitrogens with one attached hydrogen (secondary N) is 1. The average molecular weight is 538 g/mol. The van der Waals surface area contributed by atoms with Gasteiger partial charge in [-0.3, -0.25) is 9.78 Å². The summed E-state index contributed by atoms with van der Waals surface area (Å²) >= 11 is 0. The van der Waals surface area contributed by atoms with Crippen molar-refractivity contribution in [2.24, 2.45) is 0 Å². The summed E-state index contributed by atoms with van der Waals surface area (Å²) in [6, 6.07) is 11.6. The van der Waals surface area contributed by atoms with Gasteiger partial charge in [0, 0.05) is 37.0 Å². The Labute approximate surface area is 224 Å². The second kappa shape index (κ2) is 10.9. The molecular weight excluding hydrogens is 502 g/mol. The van der Waals surface area contributed by atoms with E-state index in [-0.39, 0.29) is 35.8 Å². The molecule has 1 saturated heterocycles. The van der Waals surface area contributed by atoms with Crippen LogP contribution in [0.3, 0.4) is 0 Å². The molecule has 0 bridgehead atoms. The Morgan fingerprint density at radius 3 is 2.61 bits per heavy atom. The third kappa shape index (κ3) is 6.30. The monoisotopic (exact) mass is 537 g/mol. The standard InChI is InChI=1S/C28H35N5O4S/c1-18-16-33(17-19(2)37-18)27-9-5-8-24(32-27)25-11-10-20-15-29-22(13-26(20)31-25)14-28(34)30-21-6-4-7-23(12-21)38(3,35)36/h5,8-11,13,15,18-19,21,23H,4,6-7,12,14,16-17H2,1-3H3,(H,30,34)/t18-,19+,21-,23+/m0/s1. The van der Waals surface area contributed by atoms with Crippen LogP contribution in [0, 0.1) is 0 Å². The molecule has 1 aliphatic heterocycles. The highest BCUT2D eigenvalue weighted by atomic mass is 32.2. The summed E-state index contributed by atoms with van der Waals surface area (Å²) in [5, 5.41) is 3.51. The third-order valence-electron chi connectivity index (χ3n) is 7.31. The number of carbonyl (C=O) groups is 1. The van der Waals surface area contributed by atoms with E-state index in [1.807, 2.05) is 36.4 Å². The van der Waals surface area contributed by atoms with Crippen molar-refractivity contribution in [2.75, 3.05) is 24.2 Å². The number of carbonyl (C=O) groups excluding carboxylic acids is 1. The molecule has 4 atom stereocenters. The van der Waals surface area contributed by atoms with Crippen LogP contribution in [0.25, 0.3) is 22.3 Å². The van der Waals surface area contributed by atoms with E-state index in [0.717, 1.165) is 54.0 Å². The molecule has 1 aliphatic carbocycles. The highest BCUT2D eigenvalue weighted by Gasteiger charge is 2.29. The summed E-state index contributed by atoms with van der Waals surface area (Å²) in [6.45, 7) is 5.73. The number of fused-ring (bicyclic) bond motifs is 1. The summed E-state index contributed by atoms with van der Waals surface area (Å²) in [5.74, 6) is 0.745. The topological polar surface area (TPSA) is 114 Å². The predicted octanol–water partition coefficient (Wildman–Crippen LogP) is 3.32. The first-order valence-corrected chi connectivity index (χ1v) is 15.2. The molecule has 10 heteroatoms. The largest absolute Gasteiger partial charge is 0.372 e. The van der Waals surface area contributed by atoms with Crippen molar-refractivity contribution in [2.45, 2.75) is 69.5 Å². The lowest BCUT2D eigenvalue weighted by molar-refractivity contribution is -0.121. The molecule has 2 aliphatic rings. The number of anilines is 1. The van der Waals surface area contributed by atoms with Crippen LogP contribution < -0.4 is 10.2 Å². The number of ether oxygens (including phenoxy) is 1. The van der Waals surface area contributed by atoms with Gasteiger partial charge in [0.25, 0.3) is 0 Å². The second-order valence-electron chi connectivity index (χ2n) is 10.7. The molecular formula is C28H35N5O4S. The van der Waals surface area contributed by atoms with Gasteiger partial charge in [-0.1, -0.05) is 12.5 Å². The highest BCUT2D eigenvalue weighted by molar-refractivity contribution is 7.91. The first kappa shape index (κ1) is 26.5. The number of hydrogen-bond acceptors (Lipinski definition) is 8. The maximum atomic E-state index is 12.8. The van der Waals surface area contributed by atoms with Crippen molar-refractivity contribution in [1.82, 2.24) is 20.3 Å². The molecule has 0 spiro atoms. The van der Waals surface area contributed by atoms with Gasteiger partial charge in [-0.05, 0) is 63.4 Å². The van der Waals surface area contributed by atoms with Crippen molar-refractivity contribution in [3.63, 3.8) is 0 Å². The van der Waals surface area contributed by atoms with Crippen LogP contribution in [0.5, 0.6) is 0 Å². The van der Waals surface area contributed by atoms with Gasteiger partial charge in [0.15, 0.2) is 0 Å². The Bertz CT molecular complexity index is 1420. The molecule has 3 aromatic rings. The van der Waals surface area contributed by atoms with Crippen LogP contribution in [0.2, 0.25) is 0 Å². The minimum atomic E-state index is -3.10. The van der Waals surface area contributed by atoms with E-state index in [0.29, 0.717) is 18.5 Å². The average Bonchev–Trinajstić information content (AvgIpc) is 2.87. The number of amides is 1. The van der Waals surface area contributed by atoms with E-state index < -0.39 is 9.84 Å². The molecule has 1 saturated carbocycles. The third-order valence-corrected chi connectivity index (χ3v) is 8.95. The van der Waals surface area contributed by atoms with E-state index in [2.05, 4.69) is 29.0 Å². The fourth-order valence-corrected chi connectivity index (χ4v) is 6.69. The Morgan fingerprint density at radius 1 is 1.08 bits per heavy atom. The normalized spacial score (nSPS) is 24.3. The number of morpholine rings is 1. The molecule has 1 N–H and O–H groups in total. The van der Waals surface area contributed by atoms with Crippen LogP contribution in [0.4, 0.5) is 5.82 Å².